The Morgan fingerprint density at radius 2 is 1.74 bits per heavy atom. The first kappa shape index (κ1) is 23.4. The summed E-state index contributed by atoms with van der Waals surface area (Å²) in [6.07, 6.45) is -5.08. The topological polar surface area (TPSA) is 139 Å². The number of alkyl halides is 3. The van der Waals surface area contributed by atoms with Crippen molar-refractivity contribution in [2.24, 2.45) is 5.73 Å². The molecule has 5 N–H and O–H groups in total. The Hall–Kier alpha value is -1.82. The van der Waals surface area contributed by atoms with Gasteiger partial charge in [0.2, 0.25) is 11.8 Å². The number of hydrogen-bond acceptors (Lipinski definition) is 6. The van der Waals surface area contributed by atoms with Crippen LogP contribution in [0.2, 0.25) is 0 Å². The molecule has 0 aromatic rings. The third-order valence-electron chi connectivity index (χ3n) is 1.91. The molecule has 0 heterocycles. The number of hydrogen-bond donors (Lipinski definition) is 4. The molecule has 0 saturated carbocycles. The highest BCUT2D eigenvalue weighted by molar-refractivity contribution is 8.13. The third kappa shape index (κ3) is 14.9. The maximum Gasteiger partial charge on any atom is 0.490 e. The van der Waals surface area contributed by atoms with Gasteiger partial charge in [0.25, 0.3) is 0 Å². The second-order valence-corrected chi connectivity index (χ2v) is 5.20. The zero-order valence-corrected chi connectivity index (χ0v) is 13.2. The molecule has 0 spiro atoms. The van der Waals surface area contributed by atoms with Gasteiger partial charge in [-0.1, -0.05) is 11.8 Å². The molecule has 0 radical (unpaired) electrons. The molecular weight excluding hydrogens is 343 g/mol. The monoisotopic (exact) mass is 361 g/mol. The van der Waals surface area contributed by atoms with Gasteiger partial charge in [0.1, 0.15) is 6.04 Å². The lowest BCUT2D eigenvalue weighted by atomic mass is 10.3. The lowest BCUT2D eigenvalue weighted by Crippen LogP contribution is -2.47. The molecule has 134 valence electrons. The highest BCUT2D eigenvalue weighted by atomic mass is 32.2. The van der Waals surface area contributed by atoms with Crippen LogP contribution in [0, 0.1) is 0 Å². The van der Waals surface area contributed by atoms with Crippen molar-refractivity contribution < 1.29 is 37.5 Å². The zero-order valence-electron chi connectivity index (χ0n) is 12.4. The summed E-state index contributed by atoms with van der Waals surface area (Å²) in [4.78, 5) is 41.7. The SMILES string of the molecule is CC(=O)SCCNC(=O)[C@H](C)NC(=O)CN.O=C(O)C(F)(F)F. The normalized spacial score (nSPS) is 11.6. The second kappa shape index (κ2) is 11.7. The average Bonchev–Trinajstić information content (AvgIpc) is 2.42. The fraction of sp³-hybridized carbons (Fsp3) is 0.636. The number of carbonyl (C=O) groups excluding carboxylic acids is 3. The number of thioether (sulfide) groups is 1. The minimum absolute atomic E-state index is 0.0127. The molecule has 12 heteroatoms. The smallest absolute Gasteiger partial charge is 0.475 e. The molecule has 23 heavy (non-hydrogen) atoms. The van der Waals surface area contributed by atoms with Gasteiger partial charge in [-0.25, -0.2) is 4.79 Å². The van der Waals surface area contributed by atoms with E-state index in [-0.39, 0.29) is 23.5 Å². The molecule has 0 fully saturated rings. The van der Waals surface area contributed by atoms with Gasteiger partial charge in [0.05, 0.1) is 6.54 Å². The van der Waals surface area contributed by atoms with E-state index >= 15 is 0 Å². The first-order valence-corrected chi connectivity index (χ1v) is 7.11. The van der Waals surface area contributed by atoms with Gasteiger partial charge in [-0.2, -0.15) is 13.2 Å². The predicted molar refractivity (Wildman–Crippen MR) is 76.5 cm³/mol. The standard InChI is InChI=1S/C9H17N3O3S.C2HF3O2/c1-6(12-8(14)5-10)9(15)11-3-4-16-7(2)13;3-2(4,5)1(6)7/h6H,3-5,10H2,1-2H3,(H,11,15)(H,12,14);(H,6,7)/t6-;/m0./s1. The molecule has 0 aromatic heterocycles. The molecule has 0 bridgehead atoms. The zero-order chi connectivity index (χ0) is 18.6. The number of rotatable bonds is 6. The number of aliphatic carboxylic acids is 1. The lowest BCUT2D eigenvalue weighted by molar-refractivity contribution is -0.192. The van der Waals surface area contributed by atoms with E-state index in [1.54, 1.807) is 6.92 Å². The fourth-order valence-corrected chi connectivity index (χ4v) is 1.38. The van der Waals surface area contributed by atoms with Crippen molar-refractivity contribution in [2.45, 2.75) is 26.1 Å². The Morgan fingerprint density at radius 3 is 2.09 bits per heavy atom. The summed E-state index contributed by atoms with van der Waals surface area (Å²) < 4.78 is 31.7. The Bertz CT molecular complexity index is 432. The molecular formula is C11H18F3N3O5S. The van der Waals surface area contributed by atoms with Gasteiger partial charge in [-0.05, 0) is 6.92 Å². The molecule has 0 aliphatic rings. The number of carboxylic acids is 1. The molecule has 0 rings (SSSR count). The highest BCUT2D eigenvalue weighted by Gasteiger charge is 2.38. The Kier molecular flexibility index (Phi) is 11.9. The highest BCUT2D eigenvalue weighted by Crippen LogP contribution is 2.13. The van der Waals surface area contributed by atoms with Gasteiger partial charge in [-0.15, -0.1) is 0 Å². The maximum atomic E-state index is 11.4. The quantitative estimate of drug-likeness (QED) is 0.467. The van der Waals surface area contributed by atoms with Gasteiger partial charge >= 0.3 is 12.1 Å². The van der Waals surface area contributed by atoms with Crippen LogP contribution in [-0.2, 0) is 19.2 Å². The maximum absolute atomic E-state index is 11.4. The molecule has 0 aromatic carbocycles. The van der Waals surface area contributed by atoms with Gasteiger partial charge in [0, 0.05) is 19.2 Å². The number of nitrogens with two attached hydrogens (primary N) is 1. The summed E-state index contributed by atoms with van der Waals surface area (Å²) in [5.41, 5.74) is 5.09. The van der Waals surface area contributed by atoms with E-state index in [9.17, 15) is 27.6 Å². The Labute approximate surface area is 134 Å². The van der Waals surface area contributed by atoms with Crippen molar-refractivity contribution >= 4 is 34.7 Å². The van der Waals surface area contributed by atoms with E-state index in [0.29, 0.717) is 12.3 Å². The van der Waals surface area contributed by atoms with Gasteiger partial charge in [-0.3, -0.25) is 14.4 Å². The van der Waals surface area contributed by atoms with Crippen molar-refractivity contribution in [1.29, 1.82) is 0 Å². The minimum Gasteiger partial charge on any atom is -0.475 e. The molecule has 0 saturated heterocycles. The Morgan fingerprint density at radius 1 is 1.26 bits per heavy atom. The van der Waals surface area contributed by atoms with Crippen molar-refractivity contribution in [3.05, 3.63) is 0 Å². The first-order valence-electron chi connectivity index (χ1n) is 6.12. The van der Waals surface area contributed by atoms with Crippen LogP contribution in [0.1, 0.15) is 13.8 Å². The molecule has 8 nitrogen and oxygen atoms in total. The van der Waals surface area contributed by atoms with Crippen LogP contribution in [0.5, 0.6) is 0 Å². The van der Waals surface area contributed by atoms with E-state index in [4.69, 9.17) is 15.6 Å². The summed E-state index contributed by atoms with van der Waals surface area (Å²) in [6, 6.07) is -0.613. The van der Waals surface area contributed by atoms with Crippen LogP contribution < -0.4 is 16.4 Å². The lowest BCUT2D eigenvalue weighted by Gasteiger charge is -2.12. The van der Waals surface area contributed by atoms with Crippen LogP contribution >= 0.6 is 11.8 Å². The number of halogens is 3. The number of amides is 2. The second-order valence-electron chi connectivity index (χ2n) is 3.93. The van der Waals surface area contributed by atoms with E-state index < -0.39 is 18.2 Å². The summed E-state index contributed by atoms with van der Waals surface area (Å²) in [5.74, 6) is -2.89. The average molecular weight is 361 g/mol. The molecule has 0 aliphatic carbocycles. The fourth-order valence-electron chi connectivity index (χ4n) is 0.888. The summed E-state index contributed by atoms with van der Waals surface area (Å²) in [5, 5.41) is 12.2. The summed E-state index contributed by atoms with van der Waals surface area (Å²) in [6.45, 7) is 3.29. The minimum atomic E-state index is -5.08. The predicted octanol–water partition coefficient (Wildman–Crippen LogP) is -0.521. The number of carboxylic acid groups (broad SMARTS) is 1. The van der Waals surface area contributed by atoms with Crippen LogP contribution in [-0.4, -0.2) is 59.1 Å². The van der Waals surface area contributed by atoms with Crippen molar-refractivity contribution in [2.75, 3.05) is 18.8 Å². The van der Waals surface area contributed by atoms with Crippen LogP contribution in [0.15, 0.2) is 0 Å². The summed E-state index contributed by atoms with van der Waals surface area (Å²) in [7, 11) is 0. The van der Waals surface area contributed by atoms with E-state index in [1.165, 1.54) is 6.92 Å². The molecule has 0 aliphatic heterocycles. The van der Waals surface area contributed by atoms with Crippen molar-refractivity contribution in [3.8, 4) is 0 Å². The largest absolute Gasteiger partial charge is 0.490 e. The van der Waals surface area contributed by atoms with Gasteiger partial charge < -0.3 is 21.5 Å². The van der Waals surface area contributed by atoms with Crippen molar-refractivity contribution in [3.63, 3.8) is 0 Å². The van der Waals surface area contributed by atoms with Crippen LogP contribution in [0.4, 0.5) is 13.2 Å². The van der Waals surface area contributed by atoms with E-state index in [2.05, 4.69) is 10.6 Å². The number of nitrogens with one attached hydrogen (secondary N) is 2. The van der Waals surface area contributed by atoms with E-state index in [1.807, 2.05) is 0 Å². The van der Waals surface area contributed by atoms with Crippen LogP contribution in [0.25, 0.3) is 0 Å². The Balaban J connectivity index is 0. The molecule has 1 atom stereocenters. The molecule has 2 amide bonds. The third-order valence-corrected chi connectivity index (χ3v) is 2.72. The van der Waals surface area contributed by atoms with Gasteiger partial charge in [0.15, 0.2) is 5.12 Å². The summed E-state index contributed by atoms with van der Waals surface area (Å²) >= 11 is 1.14. The number of carbonyl (C=O) groups is 4. The molecule has 0 unspecified atom stereocenters. The van der Waals surface area contributed by atoms with E-state index in [0.717, 1.165) is 11.8 Å². The first-order chi connectivity index (χ1) is 10.4. The van der Waals surface area contributed by atoms with Crippen LogP contribution in [0.3, 0.4) is 0 Å². The van der Waals surface area contributed by atoms with Crippen molar-refractivity contribution in [1.82, 2.24) is 10.6 Å².